The van der Waals surface area contributed by atoms with Crippen LogP contribution in [0.2, 0.25) is 0 Å². The van der Waals surface area contributed by atoms with Crippen molar-refractivity contribution in [1.82, 2.24) is 19.9 Å². The third-order valence-corrected chi connectivity index (χ3v) is 7.64. The van der Waals surface area contributed by atoms with E-state index in [4.69, 9.17) is 9.97 Å². The molecule has 1 aliphatic carbocycles. The largest absolute Gasteiger partial charge is 0.347 e. The van der Waals surface area contributed by atoms with Crippen LogP contribution in [0.4, 0.5) is 14.7 Å². The first kappa shape index (κ1) is 24.9. The lowest BCUT2D eigenvalue weighted by Gasteiger charge is -2.35. The summed E-state index contributed by atoms with van der Waals surface area (Å²) < 4.78 is 30.7. The van der Waals surface area contributed by atoms with E-state index < -0.39 is 16.8 Å². The number of aryl methyl sites for hydroxylation is 1. The summed E-state index contributed by atoms with van der Waals surface area (Å²) in [4.78, 5) is 20.6. The van der Waals surface area contributed by atoms with Crippen molar-refractivity contribution in [3.8, 4) is 34.0 Å². The molecule has 0 amide bonds. The second-order valence-corrected chi connectivity index (χ2v) is 11.0. The number of anilines is 1. The second kappa shape index (κ2) is 8.40. The normalized spacial score (nSPS) is 16.9. The topological polar surface area (TPSA) is 54.8 Å². The molecule has 2 aromatic carbocycles. The zero-order chi connectivity index (χ0) is 26.8. The lowest BCUT2D eigenvalue weighted by Crippen LogP contribution is -2.46. The van der Waals surface area contributed by atoms with Gasteiger partial charge in [0, 0.05) is 37.0 Å². The highest BCUT2D eigenvalue weighted by Gasteiger charge is 2.65. The van der Waals surface area contributed by atoms with Crippen molar-refractivity contribution in [3.63, 3.8) is 0 Å². The molecule has 0 fully saturated rings. The summed E-state index contributed by atoms with van der Waals surface area (Å²) in [6.07, 6.45) is 1.76. The van der Waals surface area contributed by atoms with Gasteiger partial charge in [-0.25, -0.2) is 13.8 Å². The van der Waals surface area contributed by atoms with Gasteiger partial charge in [-0.2, -0.15) is 9.97 Å². The molecule has 0 atom stereocenters. The number of nitrogens with zero attached hydrogens (tertiary/aromatic N) is 5. The molecule has 7 heteroatoms. The highest BCUT2D eigenvalue weighted by molar-refractivity contribution is 5.70. The van der Waals surface area contributed by atoms with Crippen LogP contribution in [0.15, 0.2) is 60.8 Å². The van der Waals surface area contributed by atoms with Gasteiger partial charge in [-0.05, 0) is 63.4 Å². The van der Waals surface area contributed by atoms with E-state index in [9.17, 15) is 0 Å². The van der Waals surface area contributed by atoms with Gasteiger partial charge < -0.3 is 4.90 Å². The van der Waals surface area contributed by atoms with Gasteiger partial charge in [0.1, 0.15) is 0 Å². The Labute approximate surface area is 216 Å². The molecule has 37 heavy (non-hydrogen) atoms. The van der Waals surface area contributed by atoms with Crippen LogP contribution in [0.3, 0.4) is 0 Å². The summed E-state index contributed by atoms with van der Waals surface area (Å²) in [5.41, 5.74) is 3.00. The summed E-state index contributed by atoms with van der Waals surface area (Å²) in [5, 5.41) is 0. The van der Waals surface area contributed by atoms with Crippen LogP contribution in [0.5, 0.6) is 0 Å². The Bertz CT molecular complexity index is 1490. The van der Waals surface area contributed by atoms with Gasteiger partial charge in [0.2, 0.25) is 5.95 Å². The predicted molar refractivity (Wildman–Crippen MR) is 144 cm³/mol. The maximum Gasteiger partial charge on any atom is 0.266 e. The van der Waals surface area contributed by atoms with E-state index in [1.165, 1.54) is 0 Å². The minimum Gasteiger partial charge on any atom is -0.347 e. The molecular weight excluding hydrogens is 468 g/mol. The van der Waals surface area contributed by atoms with Crippen LogP contribution in [0, 0.1) is 6.92 Å². The number of aromatic nitrogens is 4. The Morgan fingerprint density at radius 1 is 0.730 bits per heavy atom. The molecule has 0 spiro atoms. The van der Waals surface area contributed by atoms with Gasteiger partial charge in [0.15, 0.2) is 11.6 Å². The molecule has 5 nitrogen and oxygen atoms in total. The van der Waals surface area contributed by atoms with Gasteiger partial charge >= 0.3 is 0 Å². The average molecular weight is 500 g/mol. The number of benzene rings is 2. The maximum atomic E-state index is 15.3. The molecule has 0 aliphatic heterocycles. The monoisotopic (exact) mass is 499 g/mol. The zero-order valence-corrected chi connectivity index (χ0v) is 22.3. The first-order valence-electron chi connectivity index (χ1n) is 12.3. The molecule has 190 valence electrons. The van der Waals surface area contributed by atoms with Gasteiger partial charge in [0.25, 0.3) is 5.92 Å². The van der Waals surface area contributed by atoms with E-state index in [-0.39, 0.29) is 0 Å². The molecule has 0 radical (unpaired) electrons. The predicted octanol–water partition coefficient (Wildman–Crippen LogP) is 6.85. The second-order valence-electron chi connectivity index (χ2n) is 11.0. The van der Waals surface area contributed by atoms with Crippen molar-refractivity contribution < 1.29 is 8.78 Å². The van der Waals surface area contributed by atoms with E-state index in [1.54, 1.807) is 33.9 Å². The standard InChI is InChI=1S/C30H31F2N5/c1-18-15-24(20-13-14-22-23(16-20)29(4,5)30(31,32)28(22,2)3)33-17-21(18)26-34-25(19-11-9-8-10-12-19)35-27(36-26)37(6)7/h8-17H,1-7H3. The van der Waals surface area contributed by atoms with Crippen molar-refractivity contribution in [1.29, 1.82) is 0 Å². The highest BCUT2D eigenvalue weighted by atomic mass is 19.3. The fourth-order valence-electron chi connectivity index (χ4n) is 5.23. The molecule has 1 aliphatic rings. The Balaban J connectivity index is 1.58. The van der Waals surface area contributed by atoms with Crippen molar-refractivity contribution in [2.75, 3.05) is 19.0 Å². The number of halogens is 2. The SMILES string of the molecule is Cc1cc(-c2ccc3c(c2)C(C)(C)C(F)(F)C3(C)C)ncc1-c1nc(-c2ccccc2)nc(N(C)C)n1. The summed E-state index contributed by atoms with van der Waals surface area (Å²) >= 11 is 0. The van der Waals surface area contributed by atoms with Gasteiger partial charge in [-0.15, -0.1) is 0 Å². The number of hydrogen-bond donors (Lipinski definition) is 0. The number of hydrogen-bond acceptors (Lipinski definition) is 5. The van der Waals surface area contributed by atoms with Gasteiger partial charge in [0.05, 0.1) is 16.5 Å². The molecule has 0 unspecified atom stereocenters. The van der Waals surface area contributed by atoms with Crippen molar-refractivity contribution in [2.45, 2.75) is 51.4 Å². The molecule has 0 N–H and O–H groups in total. The molecule has 4 aromatic rings. The highest BCUT2D eigenvalue weighted by Crippen LogP contribution is 2.59. The lowest BCUT2D eigenvalue weighted by molar-refractivity contribution is -0.105. The average Bonchev–Trinajstić information content (AvgIpc) is 2.98. The number of rotatable bonds is 4. The quantitative estimate of drug-likeness (QED) is 0.307. The van der Waals surface area contributed by atoms with Crippen molar-refractivity contribution >= 4 is 5.95 Å². The van der Waals surface area contributed by atoms with E-state index in [2.05, 4.69) is 9.97 Å². The van der Waals surface area contributed by atoms with Crippen LogP contribution in [0.25, 0.3) is 34.0 Å². The number of pyridine rings is 1. The maximum absolute atomic E-state index is 15.3. The fraction of sp³-hybridized carbons (Fsp3) is 0.333. The molecule has 0 bridgehead atoms. The van der Waals surface area contributed by atoms with Crippen LogP contribution in [-0.2, 0) is 10.8 Å². The fourth-order valence-corrected chi connectivity index (χ4v) is 5.23. The van der Waals surface area contributed by atoms with Crippen LogP contribution >= 0.6 is 0 Å². The van der Waals surface area contributed by atoms with Crippen molar-refractivity contribution in [3.05, 3.63) is 77.5 Å². The molecule has 0 saturated carbocycles. The number of alkyl halides is 2. The van der Waals surface area contributed by atoms with E-state index in [0.29, 0.717) is 28.7 Å². The molecule has 2 heterocycles. The smallest absolute Gasteiger partial charge is 0.266 e. The molecule has 5 rings (SSSR count). The van der Waals surface area contributed by atoms with Crippen LogP contribution in [0.1, 0.15) is 44.4 Å². The zero-order valence-electron chi connectivity index (χ0n) is 22.3. The molecular formula is C30H31F2N5. The number of fused-ring (bicyclic) bond motifs is 1. The Morgan fingerprint density at radius 2 is 1.38 bits per heavy atom. The first-order chi connectivity index (χ1) is 17.3. The van der Waals surface area contributed by atoms with Gasteiger partial charge in [-0.1, -0.05) is 42.5 Å². The summed E-state index contributed by atoms with van der Waals surface area (Å²) in [6, 6.07) is 17.3. The van der Waals surface area contributed by atoms with Gasteiger partial charge in [-0.3, -0.25) is 4.98 Å². The van der Waals surface area contributed by atoms with Crippen molar-refractivity contribution in [2.24, 2.45) is 0 Å². The Kier molecular flexibility index (Phi) is 5.66. The minimum atomic E-state index is -2.87. The molecule has 0 saturated heterocycles. The Morgan fingerprint density at radius 3 is 2.03 bits per heavy atom. The third kappa shape index (κ3) is 3.79. The first-order valence-corrected chi connectivity index (χ1v) is 12.3. The van der Waals surface area contributed by atoms with E-state index in [1.807, 2.05) is 80.5 Å². The minimum absolute atomic E-state index is 0.533. The third-order valence-electron chi connectivity index (χ3n) is 7.64. The summed E-state index contributed by atoms with van der Waals surface area (Å²) in [7, 11) is 3.78. The summed E-state index contributed by atoms with van der Waals surface area (Å²) in [5.74, 6) is -1.20. The summed E-state index contributed by atoms with van der Waals surface area (Å²) in [6.45, 7) is 8.48. The van der Waals surface area contributed by atoms with Crippen LogP contribution < -0.4 is 4.90 Å². The Hall–Kier alpha value is -3.74. The van der Waals surface area contributed by atoms with E-state index in [0.717, 1.165) is 27.9 Å². The van der Waals surface area contributed by atoms with E-state index >= 15 is 8.78 Å². The van der Waals surface area contributed by atoms with Crippen LogP contribution in [-0.4, -0.2) is 40.0 Å². The lowest BCUT2D eigenvalue weighted by atomic mass is 9.77. The molecule has 2 aromatic heterocycles.